The molecular weight excluding hydrogens is 470 g/mol. The van der Waals surface area contributed by atoms with E-state index in [-0.39, 0.29) is 17.9 Å². The van der Waals surface area contributed by atoms with Crippen LogP contribution in [0, 0.1) is 17.0 Å². The third-order valence-electron chi connectivity index (χ3n) is 4.49. The van der Waals surface area contributed by atoms with Crippen LogP contribution in [0.5, 0.6) is 0 Å². The third kappa shape index (κ3) is 4.69. The Hall–Kier alpha value is -3.80. The molecular formula is C19H16BrN7O4. The van der Waals surface area contributed by atoms with Gasteiger partial charge in [0, 0.05) is 22.3 Å². The van der Waals surface area contributed by atoms with E-state index in [0.29, 0.717) is 23.7 Å². The zero-order valence-corrected chi connectivity index (χ0v) is 17.8. The van der Waals surface area contributed by atoms with Gasteiger partial charge in [-0.25, -0.2) is 0 Å². The van der Waals surface area contributed by atoms with Crippen LogP contribution in [0.1, 0.15) is 27.4 Å². The van der Waals surface area contributed by atoms with Crippen LogP contribution in [0.4, 0.5) is 11.5 Å². The molecule has 4 rings (SSSR count). The van der Waals surface area contributed by atoms with E-state index >= 15 is 0 Å². The van der Waals surface area contributed by atoms with Crippen LogP contribution < -0.4 is 5.32 Å². The summed E-state index contributed by atoms with van der Waals surface area (Å²) in [7, 11) is 0. The topological polar surface area (TPSA) is 134 Å². The molecule has 0 saturated heterocycles. The van der Waals surface area contributed by atoms with Gasteiger partial charge in [0.2, 0.25) is 0 Å². The number of nitro groups is 1. The molecule has 0 aliphatic rings. The van der Waals surface area contributed by atoms with Gasteiger partial charge in [-0.3, -0.25) is 24.3 Å². The van der Waals surface area contributed by atoms with Gasteiger partial charge < -0.3 is 9.84 Å². The predicted octanol–water partition coefficient (Wildman–Crippen LogP) is 3.40. The number of benzene rings is 1. The number of rotatable bonds is 7. The van der Waals surface area contributed by atoms with Crippen LogP contribution in [-0.4, -0.2) is 35.5 Å². The molecule has 3 aromatic heterocycles. The summed E-state index contributed by atoms with van der Waals surface area (Å²) in [4.78, 5) is 23.0. The van der Waals surface area contributed by atoms with Crippen molar-refractivity contribution in [2.45, 2.75) is 20.0 Å². The van der Waals surface area contributed by atoms with Crippen LogP contribution in [0.2, 0.25) is 0 Å². The summed E-state index contributed by atoms with van der Waals surface area (Å²) in [6.45, 7) is 2.31. The quantitative estimate of drug-likeness (QED) is 0.313. The summed E-state index contributed by atoms with van der Waals surface area (Å²) in [5.41, 5.74) is 1.46. The van der Waals surface area contributed by atoms with E-state index in [1.54, 1.807) is 23.9 Å². The number of amides is 1. The molecule has 0 fully saturated rings. The Morgan fingerprint density at radius 1 is 1.23 bits per heavy atom. The van der Waals surface area contributed by atoms with Crippen LogP contribution in [0.3, 0.4) is 0 Å². The maximum atomic E-state index is 12.7. The molecule has 0 aliphatic heterocycles. The highest BCUT2D eigenvalue weighted by atomic mass is 79.9. The zero-order chi connectivity index (χ0) is 22.0. The van der Waals surface area contributed by atoms with Gasteiger partial charge in [-0.15, -0.1) is 0 Å². The second-order valence-electron chi connectivity index (χ2n) is 6.70. The van der Waals surface area contributed by atoms with E-state index in [1.165, 1.54) is 10.9 Å². The van der Waals surface area contributed by atoms with Gasteiger partial charge in [-0.1, -0.05) is 33.2 Å². The molecule has 1 amide bonds. The molecule has 0 bridgehead atoms. The Bertz CT molecular complexity index is 1240. The largest absolute Gasteiger partial charge is 0.361 e. The molecule has 1 aromatic carbocycles. The smallest absolute Gasteiger partial charge is 0.307 e. The van der Waals surface area contributed by atoms with Gasteiger partial charge in [0.1, 0.15) is 18.2 Å². The molecule has 3 heterocycles. The number of aryl methyl sites for hydroxylation is 1. The van der Waals surface area contributed by atoms with Gasteiger partial charge in [0.25, 0.3) is 5.91 Å². The number of halogens is 1. The molecule has 0 unspecified atom stereocenters. The first-order chi connectivity index (χ1) is 14.9. The van der Waals surface area contributed by atoms with Crippen molar-refractivity contribution in [3.05, 3.63) is 86.1 Å². The molecule has 0 saturated carbocycles. The van der Waals surface area contributed by atoms with E-state index in [0.717, 1.165) is 16.2 Å². The highest BCUT2D eigenvalue weighted by molar-refractivity contribution is 9.10. The molecule has 0 spiro atoms. The van der Waals surface area contributed by atoms with Crippen LogP contribution in [0.15, 0.2) is 57.9 Å². The van der Waals surface area contributed by atoms with E-state index in [9.17, 15) is 14.9 Å². The Morgan fingerprint density at radius 3 is 2.71 bits per heavy atom. The number of hydrogen-bond acceptors (Lipinski definition) is 7. The van der Waals surface area contributed by atoms with Gasteiger partial charge in [-0.2, -0.15) is 10.2 Å². The zero-order valence-electron chi connectivity index (χ0n) is 16.2. The molecule has 0 radical (unpaired) electrons. The maximum absolute atomic E-state index is 12.7. The number of hydrogen-bond donors (Lipinski definition) is 1. The Labute approximate surface area is 183 Å². The molecule has 158 valence electrons. The average molecular weight is 486 g/mol. The van der Waals surface area contributed by atoms with Gasteiger partial charge in [-0.05, 0) is 24.6 Å². The van der Waals surface area contributed by atoms with Crippen molar-refractivity contribution in [1.82, 2.24) is 24.7 Å². The number of nitrogens with zero attached hydrogens (tertiary/aromatic N) is 6. The summed E-state index contributed by atoms with van der Waals surface area (Å²) in [6, 6.07) is 9.54. The van der Waals surface area contributed by atoms with Gasteiger partial charge in [0.05, 0.1) is 18.0 Å². The van der Waals surface area contributed by atoms with Crippen LogP contribution in [0.25, 0.3) is 0 Å². The lowest BCUT2D eigenvalue weighted by Crippen LogP contribution is -2.16. The lowest BCUT2D eigenvalue weighted by atomic mass is 10.2. The summed E-state index contributed by atoms with van der Waals surface area (Å²) < 4.78 is 9.21. The van der Waals surface area contributed by atoms with Crippen molar-refractivity contribution in [2.24, 2.45) is 0 Å². The second kappa shape index (κ2) is 8.52. The monoisotopic (exact) mass is 485 g/mol. The van der Waals surface area contributed by atoms with Crippen LogP contribution in [-0.2, 0) is 13.1 Å². The van der Waals surface area contributed by atoms with E-state index in [4.69, 9.17) is 4.52 Å². The van der Waals surface area contributed by atoms with Crippen LogP contribution >= 0.6 is 15.9 Å². The van der Waals surface area contributed by atoms with E-state index in [2.05, 4.69) is 36.6 Å². The number of carbonyl (C=O) groups excluding carboxylic acids is 1. The first-order valence-electron chi connectivity index (χ1n) is 9.10. The number of anilines is 1. The lowest BCUT2D eigenvalue weighted by Gasteiger charge is -2.04. The first-order valence-corrected chi connectivity index (χ1v) is 9.89. The third-order valence-corrected chi connectivity index (χ3v) is 5.02. The molecule has 1 N–H and O–H groups in total. The Balaban J connectivity index is 1.46. The van der Waals surface area contributed by atoms with Gasteiger partial charge in [0.15, 0.2) is 11.5 Å². The molecule has 0 atom stereocenters. The summed E-state index contributed by atoms with van der Waals surface area (Å²) in [5, 5.41) is 25.7. The SMILES string of the molecule is Cc1onc(C(=O)Nc2ccn(Cc3ccc(Br)cc3)n2)c1Cn1cc([N+](=O)[O-])cn1. The predicted molar refractivity (Wildman–Crippen MR) is 113 cm³/mol. The van der Waals surface area contributed by atoms with Crippen molar-refractivity contribution in [2.75, 3.05) is 5.32 Å². The van der Waals surface area contributed by atoms with Crippen molar-refractivity contribution in [1.29, 1.82) is 0 Å². The van der Waals surface area contributed by atoms with E-state index < -0.39 is 10.8 Å². The number of nitrogens with one attached hydrogen (secondary N) is 1. The summed E-state index contributed by atoms with van der Waals surface area (Å²) in [6.07, 6.45) is 4.17. The lowest BCUT2D eigenvalue weighted by molar-refractivity contribution is -0.385. The Kier molecular flexibility index (Phi) is 5.62. The fourth-order valence-corrected chi connectivity index (χ4v) is 3.18. The standard InChI is InChI=1S/C19H16BrN7O4/c1-12-16(11-26-10-15(8-21-26)27(29)30)18(24-31-12)19(28)22-17-6-7-25(23-17)9-13-2-4-14(20)5-3-13/h2-8,10H,9,11H2,1H3,(H,22,23,28). The molecule has 31 heavy (non-hydrogen) atoms. The fraction of sp³-hybridized carbons (Fsp3) is 0.158. The van der Waals surface area contributed by atoms with Crippen molar-refractivity contribution < 1.29 is 14.2 Å². The normalized spacial score (nSPS) is 10.9. The minimum atomic E-state index is -0.539. The average Bonchev–Trinajstić information content (AvgIpc) is 3.46. The van der Waals surface area contributed by atoms with E-state index in [1.807, 2.05) is 24.3 Å². The summed E-state index contributed by atoms with van der Waals surface area (Å²) in [5.74, 6) is 0.287. The van der Waals surface area contributed by atoms with Crippen molar-refractivity contribution >= 4 is 33.3 Å². The molecule has 4 aromatic rings. The fourth-order valence-electron chi connectivity index (χ4n) is 2.92. The van der Waals surface area contributed by atoms with Crippen molar-refractivity contribution in [3.63, 3.8) is 0 Å². The molecule has 0 aliphatic carbocycles. The second-order valence-corrected chi connectivity index (χ2v) is 7.61. The molecule has 11 nitrogen and oxygen atoms in total. The number of aromatic nitrogens is 5. The minimum Gasteiger partial charge on any atom is -0.361 e. The highest BCUT2D eigenvalue weighted by Gasteiger charge is 2.22. The Morgan fingerprint density at radius 2 is 2.00 bits per heavy atom. The number of carbonyl (C=O) groups is 1. The highest BCUT2D eigenvalue weighted by Crippen LogP contribution is 2.18. The van der Waals surface area contributed by atoms with Gasteiger partial charge >= 0.3 is 5.69 Å². The molecule has 12 heteroatoms. The summed E-state index contributed by atoms with van der Waals surface area (Å²) >= 11 is 3.40. The maximum Gasteiger partial charge on any atom is 0.307 e. The first kappa shape index (κ1) is 20.5. The van der Waals surface area contributed by atoms with Crippen molar-refractivity contribution in [3.8, 4) is 0 Å². The minimum absolute atomic E-state index is 0.0677.